The first-order valence-electron chi connectivity index (χ1n) is 2.10. The third-order valence-electron chi connectivity index (χ3n) is 0. The molecule has 0 aliphatic heterocycles. The minimum atomic E-state index is -0.833. The summed E-state index contributed by atoms with van der Waals surface area (Å²) in [6.45, 7) is -0.250. The van der Waals surface area contributed by atoms with Crippen LogP contribution in [-0.4, -0.2) is 23.6 Å². The van der Waals surface area contributed by atoms with Crippen LogP contribution in [-0.2, 0) is 4.79 Å². The Morgan fingerprint density at radius 1 is 1.27 bits per heavy atom. The molecule has 0 saturated heterocycles. The highest BCUT2D eigenvalue weighted by Gasteiger charge is 1.60. The van der Waals surface area contributed by atoms with E-state index in [1.54, 1.807) is 0 Å². The molecule has 0 aromatic carbocycles. The topological polar surface area (TPSA) is 182 Å². The smallest absolute Gasteiger partial charge is 0.309 e. The van der Waals surface area contributed by atoms with Crippen molar-refractivity contribution in [2.75, 3.05) is 0 Å². The third-order valence-corrected chi connectivity index (χ3v) is 0. The standard InChI is InChI=1S/CH5N3.CH4N2O.CH2O2/c2*2-1(3)4;2-1-3/h(H5,2,3,4);(H4,2,3,4);1H,(H,2,3). The highest BCUT2D eigenvalue weighted by Crippen LogP contribution is 1.25. The number of carbonyl (C=O) groups is 2. The van der Waals surface area contributed by atoms with Crippen LogP contribution < -0.4 is 22.9 Å². The van der Waals surface area contributed by atoms with Crippen LogP contribution in [0.1, 0.15) is 0 Å². The molecule has 0 atom stereocenters. The highest BCUT2D eigenvalue weighted by molar-refractivity contribution is 5.71. The van der Waals surface area contributed by atoms with E-state index < -0.39 is 6.03 Å². The molecular formula is C3H11N5O3. The molecule has 66 valence electrons. The quantitative estimate of drug-likeness (QED) is 0.132. The first-order chi connectivity index (χ1) is 4.88. The van der Waals surface area contributed by atoms with Gasteiger partial charge in [0.05, 0.1) is 0 Å². The van der Waals surface area contributed by atoms with E-state index in [-0.39, 0.29) is 12.4 Å². The normalized spacial score (nSPS) is 5.45. The van der Waals surface area contributed by atoms with Gasteiger partial charge in [-0.05, 0) is 0 Å². The summed E-state index contributed by atoms with van der Waals surface area (Å²) in [5.41, 5.74) is 17.4. The Balaban J connectivity index is -0.0000000886. The number of urea groups is 1. The summed E-state index contributed by atoms with van der Waals surface area (Å²) in [6, 6.07) is -0.833. The van der Waals surface area contributed by atoms with E-state index in [4.69, 9.17) is 20.1 Å². The molecule has 2 amide bonds. The van der Waals surface area contributed by atoms with Crippen molar-refractivity contribution in [3.63, 3.8) is 0 Å². The van der Waals surface area contributed by atoms with Crippen molar-refractivity contribution in [3.8, 4) is 0 Å². The number of hydrogen-bond donors (Lipinski definition) is 6. The molecule has 0 rings (SSSR count). The predicted molar refractivity (Wildman–Crippen MR) is 38.6 cm³/mol. The molecule has 8 heteroatoms. The Kier molecular flexibility index (Phi) is 22.8. The fourth-order valence-electron chi connectivity index (χ4n) is 0. The Hall–Kier alpha value is -1.99. The summed E-state index contributed by atoms with van der Waals surface area (Å²) in [6.07, 6.45) is 0. The van der Waals surface area contributed by atoms with Crippen LogP contribution >= 0.6 is 0 Å². The van der Waals surface area contributed by atoms with Gasteiger partial charge in [-0.15, -0.1) is 0 Å². The molecule has 0 spiro atoms. The van der Waals surface area contributed by atoms with E-state index in [2.05, 4.69) is 22.9 Å². The zero-order valence-corrected chi connectivity index (χ0v) is 5.65. The summed E-state index contributed by atoms with van der Waals surface area (Å²) < 4.78 is 0. The number of guanidine groups is 1. The lowest BCUT2D eigenvalue weighted by molar-refractivity contribution is -0.122. The van der Waals surface area contributed by atoms with Gasteiger partial charge in [0.1, 0.15) is 0 Å². The van der Waals surface area contributed by atoms with Crippen LogP contribution in [0.4, 0.5) is 4.79 Å². The lowest BCUT2D eigenvalue weighted by Gasteiger charge is -1.69. The van der Waals surface area contributed by atoms with E-state index in [9.17, 15) is 0 Å². The van der Waals surface area contributed by atoms with Gasteiger partial charge >= 0.3 is 6.03 Å². The van der Waals surface area contributed by atoms with Gasteiger partial charge in [0, 0.05) is 0 Å². The maximum absolute atomic E-state index is 9.00. The average Bonchev–Trinajstić information content (AvgIpc) is 1.60. The van der Waals surface area contributed by atoms with Crippen molar-refractivity contribution in [2.45, 2.75) is 0 Å². The van der Waals surface area contributed by atoms with Crippen molar-refractivity contribution in [3.05, 3.63) is 0 Å². The van der Waals surface area contributed by atoms with Gasteiger partial charge in [-0.3, -0.25) is 10.2 Å². The second-order valence-corrected chi connectivity index (χ2v) is 0.963. The van der Waals surface area contributed by atoms with E-state index in [0.717, 1.165) is 0 Å². The SMILES string of the molecule is N=C(N)N.NC(N)=O.O=CO. The van der Waals surface area contributed by atoms with Crippen molar-refractivity contribution < 1.29 is 14.7 Å². The minimum absolute atomic E-state index is 0.250. The van der Waals surface area contributed by atoms with E-state index in [0.29, 0.717) is 0 Å². The summed E-state index contributed by atoms with van der Waals surface area (Å²) in [5, 5.41) is 12.9. The number of nitrogens with two attached hydrogens (primary N) is 4. The number of rotatable bonds is 0. The summed E-state index contributed by atoms with van der Waals surface area (Å²) >= 11 is 0. The molecule has 0 aromatic rings. The Labute approximate surface area is 62.6 Å². The van der Waals surface area contributed by atoms with Gasteiger partial charge in [0.25, 0.3) is 6.47 Å². The lowest BCUT2D eigenvalue weighted by Crippen LogP contribution is -2.20. The fourth-order valence-corrected chi connectivity index (χ4v) is 0. The summed E-state index contributed by atoms with van der Waals surface area (Å²) in [5.74, 6) is -0.333. The Bertz CT molecular complexity index is 104. The van der Waals surface area contributed by atoms with Crippen LogP contribution in [0.2, 0.25) is 0 Å². The maximum Gasteiger partial charge on any atom is 0.309 e. The van der Waals surface area contributed by atoms with Crippen LogP contribution in [0.25, 0.3) is 0 Å². The average molecular weight is 165 g/mol. The number of amides is 2. The van der Waals surface area contributed by atoms with Crippen molar-refractivity contribution in [2.24, 2.45) is 22.9 Å². The van der Waals surface area contributed by atoms with Crippen LogP contribution in [0.3, 0.4) is 0 Å². The van der Waals surface area contributed by atoms with Gasteiger partial charge < -0.3 is 28.0 Å². The van der Waals surface area contributed by atoms with Gasteiger partial charge in [-0.1, -0.05) is 0 Å². The second-order valence-electron chi connectivity index (χ2n) is 0.963. The molecule has 10 N–H and O–H groups in total. The second kappa shape index (κ2) is 15.7. The van der Waals surface area contributed by atoms with Crippen molar-refractivity contribution >= 4 is 18.5 Å². The number of carboxylic acid groups (broad SMARTS) is 1. The molecule has 0 heterocycles. The largest absolute Gasteiger partial charge is 0.483 e. The molecule has 0 aliphatic carbocycles. The van der Waals surface area contributed by atoms with E-state index in [1.807, 2.05) is 0 Å². The number of nitrogens with one attached hydrogen (secondary N) is 1. The van der Waals surface area contributed by atoms with E-state index >= 15 is 0 Å². The molecule has 0 aromatic heterocycles. The highest BCUT2D eigenvalue weighted by atomic mass is 16.3. The van der Waals surface area contributed by atoms with E-state index in [1.165, 1.54) is 0 Å². The lowest BCUT2D eigenvalue weighted by atomic mass is 11.1. The zero-order valence-electron chi connectivity index (χ0n) is 5.65. The van der Waals surface area contributed by atoms with Crippen molar-refractivity contribution in [1.29, 1.82) is 5.41 Å². The fraction of sp³-hybridized carbons (Fsp3) is 0. The van der Waals surface area contributed by atoms with Gasteiger partial charge in [-0.25, -0.2) is 4.79 Å². The molecule has 8 nitrogen and oxygen atoms in total. The molecule has 0 aliphatic rings. The first-order valence-corrected chi connectivity index (χ1v) is 2.10. The summed E-state index contributed by atoms with van der Waals surface area (Å²) in [4.78, 5) is 17.4. The van der Waals surface area contributed by atoms with Gasteiger partial charge in [0.15, 0.2) is 5.96 Å². The maximum atomic E-state index is 9.00. The van der Waals surface area contributed by atoms with Crippen molar-refractivity contribution in [1.82, 2.24) is 0 Å². The molecular weight excluding hydrogens is 154 g/mol. The first kappa shape index (κ1) is 16.0. The molecule has 0 fully saturated rings. The van der Waals surface area contributed by atoms with Gasteiger partial charge in [-0.2, -0.15) is 0 Å². The van der Waals surface area contributed by atoms with Gasteiger partial charge in [0.2, 0.25) is 0 Å². The van der Waals surface area contributed by atoms with Crippen LogP contribution in [0, 0.1) is 5.41 Å². The monoisotopic (exact) mass is 165 g/mol. The van der Waals surface area contributed by atoms with Crippen LogP contribution in [0.5, 0.6) is 0 Å². The molecule has 0 bridgehead atoms. The molecule has 0 unspecified atom stereocenters. The molecule has 11 heavy (non-hydrogen) atoms. The number of hydrogen-bond acceptors (Lipinski definition) is 3. The number of primary amides is 2. The Morgan fingerprint density at radius 3 is 1.27 bits per heavy atom. The summed E-state index contributed by atoms with van der Waals surface area (Å²) in [7, 11) is 0. The third kappa shape index (κ3) is 73.1. The minimum Gasteiger partial charge on any atom is -0.483 e. The Morgan fingerprint density at radius 2 is 1.27 bits per heavy atom. The number of carbonyl (C=O) groups excluding carboxylic acids is 1. The van der Waals surface area contributed by atoms with Crippen LogP contribution in [0.15, 0.2) is 0 Å². The molecule has 0 saturated carbocycles. The predicted octanol–water partition coefficient (Wildman–Crippen LogP) is -2.44. The zero-order chi connectivity index (χ0) is 9.86. The molecule has 0 radical (unpaired) electrons.